The van der Waals surface area contributed by atoms with Crippen molar-refractivity contribution in [2.24, 2.45) is 5.14 Å². The molecule has 1 fully saturated rings. The number of rotatable bonds is 6. The van der Waals surface area contributed by atoms with Gasteiger partial charge in [0.2, 0.25) is 15.9 Å². The van der Waals surface area contributed by atoms with E-state index in [1.807, 2.05) is 11.8 Å². The normalized spacial score (nSPS) is 18.9. The zero-order valence-electron chi connectivity index (χ0n) is 13.2. The van der Waals surface area contributed by atoms with E-state index in [2.05, 4.69) is 5.32 Å². The van der Waals surface area contributed by atoms with E-state index in [4.69, 9.17) is 9.88 Å². The second kappa shape index (κ2) is 7.87. The van der Waals surface area contributed by atoms with Gasteiger partial charge in [-0.3, -0.25) is 4.79 Å². The molecule has 7 nitrogen and oxygen atoms in total. The number of carbonyl (C=O) groups is 1. The lowest BCUT2D eigenvalue weighted by molar-refractivity contribution is -0.132. The maximum absolute atomic E-state index is 11.7. The van der Waals surface area contributed by atoms with Crippen LogP contribution in [0.2, 0.25) is 0 Å². The van der Waals surface area contributed by atoms with Gasteiger partial charge in [0.15, 0.2) is 0 Å². The minimum Gasteiger partial charge on any atom is -0.375 e. The molecule has 0 aliphatic carbocycles. The minimum atomic E-state index is -3.70. The number of nitrogens with one attached hydrogen (secondary N) is 1. The van der Waals surface area contributed by atoms with Crippen molar-refractivity contribution in [3.63, 3.8) is 0 Å². The summed E-state index contributed by atoms with van der Waals surface area (Å²) < 4.78 is 28.3. The van der Waals surface area contributed by atoms with Crippen LogP contribution in [0.1, 0.15) is 18.9 Å². The smallest absolute Gasteiger partial charge is 0.238 e. The zero-order chi connectivity index (χ0) is 16.9. The van der Waals surface area contributed by atoms with Crippen molar-refractivity contribution < 1.29 is 17.9 Å². The van der Waals surface area contributed by atoms with Crippen molar-refractivity contribution >= 4 is 15.9 Å². The monoisotopic (exact) mass is 341 g/mol. The standard InChI is InChI=1S/C15H23N3O4S/c1-2-15(19)18-7-6-17-13(9-18)11-22-10-12-4-3-5-14(8-12)23(16,20)21/h3-5,8,13,17H,2,6-7,9-11H2,1H3,(H2,16,20,21). The molecule has 1 aliphatic rings. The number of primary sulfonamides is 1. The minimum absolute atomic E-state index is 0.0779. The maximum atomic E-state index is 11.7. The fourth-order valence-corrected chi connectivity index (χ4v) is 3.10. The average molecular weight is 341 g/mol. The maximum Gasteiger partial charge on any atom is 0.238 e. The van der Waals surface area contributed by atoms with Crippen LogP contribution < -0.4 is 10.5 Å². The highest BCUT2D eigenvalue weighted by atomic mass is 32.2. The molecular weight excluding hydrogens is 318 g/mol. The molecule has 0 saturated carbocycles. The Morgan fingerprint density at radius 2 is 2.26 bits per heavy atom. The number of piperazine rings is 1. The second-order valence-corrected chi connectivity index (χ2v) is 7.11. The largest absolute Gasteiger partial charge is 0.375 e. The van der Waals surface area contributed by atoms with Crippen molar-refractivity contribution in [2.45, 2.75) is 30.9 Å². The number of sulfonamides is 1. The molecule has 0 aromatic heterocycles. The van der Waals surface area contributed by atoms with Crippen molar-refractivity contribution in [2.75, 3.05) is 26.2 Å². The molecule has 0 bridgehead atoms. The Kier molecular flexibility index (Phi) is 6.11. The van der Waals surface area contributed by atoms with Crippen LogP contribution in [0.5, 0.6) is 0 Å². The first-order chi connectivity index (χ1) is 10.9. The number of hydrogen-bond donors (Lipinski definition) is 2. The topological polar surface area (TPSA) is 102 Å². The van der Waals surface area contributed by atoms with E-state index in [0.717, 1.165) is 18.7 Å². The van der Waals surface area contributed by atoms with Crippen LogP contribution in [0.4, 0.5) is 0 Å². The molecule has 1 unspecified atom stereocenters. The lowest BCUT2D eigenvalue weighted by Gasteiger charge is -2.33. The van der Waals surface area contributed by atoms with E-state index < -0.39 is 10.0 Å². The predicted octanol–water partition coefficient (Wildman–Crippen LogP) is 0.0610. The highest BCUT2D eigenvalue weighted by Gasteiger charge is 2.22. The van der Waals surface area contributed by atoms with Crippen LogP contribution in [0, 0.1) is 0 Å². The molecule has 0 spiro atoms. The van der Waals surface area contributed by atoms with Gasteiger partial charge in [0.05, 0.1) is 18.1 Å². The Morgan fingerprint density at radius 1 is 1.48 bits per heavy atom. The molecule has 1 atom stereocenters. The molecule has 1 saturated heterocycles. The number of carbonyl (C=O) groups excluding carboxylic acids is 1. The van der Waals surface area contributed by atoms with Crippen LogP contribution in [0.25, 0.3) is 0 Å². The Bertz CT molecular complexity index is 648. The SMILES string of the molecule is CCC(=O)N1CCNC(COCc2cccc(S(N)(=O)=O)c2)C1. The molecule has 1 aromatic rings. The lowest BCUT2D eigenvalue weighted by atomic mass is 10.2. The predicted molar refractivity (Wildman–Crippen MR) is 86.1 cm³/mol. The second-order valence-electron chi connectivity index (χ2n) is 5.55. The third-order valence-electron chi connectivity index (χ3n) is 3.73. The summed E-state index contributed by atoms with van der Waals surface area (Å²) in [6.45, 7) is 4.70. The van der Waals surface area contributed by atoms with Crippen LogP contribution in [0.15, 0.2) is 29.2 Å². The molecule has 1 amide bonds. The molecule has 0 radical (unpaired) electrons. The third-order valence-corrected chi connectivity index (χ3v) is 4.64. The number of benzene rings is 1. The Labute approximate surface area is 136 Å². The number of hydrogen-bond acceptors (Lipinski definition) is 5. The van der Waals surface area contributed by atoms with E-state index in [0.29, 0.717) is 26.2 Å². The van der Waals surface area contributed by atoms with E-state index >= 15 is 0 Å². The average Bonchev–Trinajstić information content (AvgIpc) is 2.54. The van der Waals surface area contributed by atoms with Gasteiger partial charge in [0.1, 0.15) is 0 Å². The molecular formula is C15H23N3O4S. The molecule has 1 aliphatic heterocycles. The molecule has 2 rings (SSSR count). The molecule has 23 heavy (non-hydrogen) atoms. The lowest BCUT2D eigenvalue weighted by Crippen LogP contribution is -2.54. The van der Waals surface area contributed by atoms with Gasteiger partial charge >= 0.3 is 0 Å². The van der Waals surface area contributed by atoms with Crippen LogP contribution in [-0.4, -0.2) is 51.5 Å². The van der Waals surface area contributed by atoms with Gasteiger partial charge in [0, 0.05) is 32.1 Å². The fraction of sp³-hybridized carbons (Fsp3) is 0.533. The Morgan fingerprint density at radius 3 is 2.96 bits per heavy atom. The van der Waals surface area contributed by atoms with Crippen molar-refractivity contribution in [1.29, 1.82) is 0 Å². The van der Waals surface area contributed by atoms with Crippen LogP contribution >= 0.6 is 0 Å². The Balaban J connectivity index is 1.84. The first-order valence-electron chi connectivity index (χ1n) is 7.61. The molecule has 8 heteroatoms. The molecule has 1 aromatic carbocycles. The fourth-order valence-electron chi connectivity index (χ4n) is 2.52. The first-order valence-corrected chi connectivity index (χ1v) is 9.15. The summed E-state index contributed by atoms with van der Waals surface area (Å²) in [6.07, 6.45) is 0.508. The summed E-state index contributed by atoms with van der Waals surface area (Å²) in [6, 6.07) is 6.47. The quantitative estimate of drug-likeness (QED) is 0.762. The molecule has 1 heterocycles. The van der Waals surface area contributed by atoms with Crippen molar-refractivity contribution in [1.82, 2.24) is 10.2 Å². The third kappa shape index (κ3) is 5.28. The number of nitrogens with two attached hydrogens (primary N) is 1. The first kappa shape index (κ1) is 17.9. The van der Waals surface area contributed by atoms with Crippen molar-refractivity contribution in [3.8, 4) is 0 Å². The zero-order valence-corrected chi connectivity index (χ0v) is 14.0. The number of ether oxygens (including phenoxy) is 1. The van der Waals surface area contributed by atoms with Gasteiger partial charge in [0.25, 0.3) is 0 Å². The highest BCUT2D eigenvalue weighted by Crippen LogP contribution is 2.11. The van der Waals surface area contributed by atoms with Gasteiger partial charge in [-0.15, -0.1) is 0 Å². The molecule has 3 N–H and O–H groups in total. The van der Waals surface area contributed by atoms with E-state index in [9.17, 15) is 13.2 Å². The number of amides is 1. The van der Waals surface area contributed by atoms with Crippen molar-refractivity contribution in [3.05, 3.63) is 29.8 Å². The van der Waals surface area contributed by atoms with E-state index in [-0.39, 0.29) is 16.8 Å². The number of nitrogens with zero attached hydrogens (tertiary/aromatic N) is 1. The summed E-state index contributed by atoms with van der Waals surface area (Å²) >= 11 is 0. The van der Waals surface area contributed by atoms with E-state index in [1.165, 1.54) is 12.1 Å². The summed E-state index contributed by atoms with van der Waals surface area (Å²) in [5.74, 6) is 0.150. The van der Waals surface area contributed by atoms with Gasteiger partial charge in [-0.2, -0.15) is 0 Å². The van der Waals surface area contributed by atoms with Gasteiger partial charge in [-0.1, -0.05) is 19.1 Å². The molecule has 128 valence electrons. The van der Waals surface area contributed by atoms with Crippen LogP contribution in [-0.2, 0) is 26.2 Å². The summed E-state index contributed by atoms with van der Waals surface area (Å²) in [4.78, 5) is 13.6. The Hall–Kier alpha value is -1.48. The van der Waals surface area contributed by atoms with E-state index in [1.54, 1.807) is 12.1 Å². The van der Waals surface area contributed by atoms with Crippen LogP contribution in [0.3, 0.4) is 0 Å². The van der Waals surface area contributed by atoms with Gasteiger partial charge < -0.3 is 15.0 Å². The summed E-state index contributed by atoms with van der Waals surface area (Å²) in [7, 11) is -3.70. The van der Waals surface area contributed by atoms with Gasteiger partial charge in [-0.05, 0) is 17.7 Å². The van der Waals surface area contributed by atoms with Gasteiger partial charge in [-0.25, -0.2) is 13.6 Å². The summed E-state index contributed by atoms with van der Waals surface area (Å²) in [5, 5.41) is 8.43. The summed E-state index contributed by atoms with van der Waals surface area (Å²) in [5.41, 5.74) is 0.744. The highest BCUT2D eigenvalue weighted by molar-refractivity contribution is 7.89.